The minimum absolute atomic E-state index is 0.0601. The predicted molar refractivity (Wildman–Crippen MR) is 84.8 cm³/mol. The molecule has 0 aliphatic rings. The number of aryl methyl sites for hydroxylation is 1. The van der Waals surface area contributed by atoms with E-state index in [9.17, 15) is 9.59 Å². The van der Waals surface area contributed by atoms with Gasteiger partial charge < -0.3 is 0 Å². The number of nitriles is 1. The van der Waals surface area contributed by atoms with E-state index in [1.807, 2.05) is 0 Å². The molecule has 0 atom stereocenters. The van der Waals surface area contributed by atoms with Crippen LogP contribution in [-0.4, -0.2) is 19.1 Å². The summed E-state index contributed by atoms with van der Waals surface area (Å²) in [5, 5.41) is 9.37. The number of fused-ring (bicyclic) bond motifs is 1. The van der Waals surface area contributed by atoms with Crippen LogP contribution in [0.4, 0.5) is 0 Å². The van der Waals surface area contributed by atoms with Crippen molar-refractivity contribution < 1.29 is 0 Å². The van der Waals surface area contributed by atoms with Crippen molar-refractivity contribution in [3.63, 3.8) is 0 Å². The van der Waals surface area contributed by atoms with Crippen molar-refractivity contribution in [3.8, 4) is 17.3 Å². The van der Waals surface area contributed by atoms with Gasteiger partial charge in [0.2, 0.25) is 0 Å². The van der Waals surface area contributed by atoms with Crippen molar-refractivity contribution >= 4 is 11.0 Å². The summed E-state index contributed by atoms with van der Waals surface area (Å²) >= 11 is 0. The van der Waals surface area contributed by atoms with Gasteiger partial charge in [0.1, 0.15) is 5.65 Å². The first kappa shape index (κ1) is 14.7. The van der Waals surface area contributed by atoms with Crippen LogP contribution >= 0.6 is 0 Å². The summed E-state index contributed by atoms with van der Waals surface area (Å²) in [6.45, 7) is 0. The molecule has 0 unspecified atom stereocenters. The maximum atomic E-state index is 12.4. The Morgan fingerprint density at radius 3 is 2.52 bits per heavy atom. The zero-order valence-corrected chi connectivity index (χ0v) is 12.6. The fourth-order valence-corrected chi connectivity index (χ4v) is 2.52. The van der Waals surface area contributed by atoms with E-state index in [2.05, 4.69) is 16.0 Å². The third kappa shape index (κ3) is 2.30. The molecule has 7 nitrogen and oxygen atoms in total. The van der Waals surface area contributed by atoms with Gasteiger partial charge in [0, 0.05) is 32.1 Å². The van der Waals surface area contributed by atoms with Crippen LogP contribution in [0.25, 0.3) is 22.3 Å². The van der Waals surface area contributed by atoms with E-state index in [0.29, 0.717) is 16.6 Å². The highest BCUT2D eigenvalue weighted by Gasteiger charge is 2.16. The predicted octanol–water partition coefficient (Wildman–Crippen LogP) is 0.760. The molecule has 3 rings (SSSR count). The summed E-state index contributed by atoms with van der Waals surface area (Å²) in [6, 6.07) is 7.34. The van der Waals surface area contributed by atoms with Gasteiger partial charge in [-0.2, -0.15) is 5.26 Å². The number of nitrogens with zero attached hydrogens (tertiary/aromatic N) is 5. The molecule has 23 heavy (non-hydrogen) atoms. The Morgan fingerprint density at radius 1 is 1.17 bits per heavy atom. The molecule has 0 saturated heterocycles. The lowest BCUT2D eigenvalue weighted by Gasteiger charge is -2.11. The maximum Gasteiger partial charge on any atom is 0.332 e. The molecule has 3 aromatic heterocycles. The number of hydrogen-bond donors (Lipinski definition) is 0. The summed E-state index contributed by atoms with van der Waals surface area (Å²) in [6.07, 6.45) is 3.33. The van der Waals surface area contributed by atoms with Crippen LogP contribution in [-0.2, 0) is 20.5 Å². The Bertz CT molecular complexity index is 1060. The fraction of sp³-hybridized carbons (Fsp3) is 0.188. The van der Waals surface area contributed by atoms with E-state index in [4.69, 9.17) is 5.26 Å². The van der Waals surface area contributed by atoms with Crippen LogP contribution in [0.15, 0.2) is 40.2 Å². The molecule has 114 valence electrons. The molecule has 3 heterocycles. The van der Waals surface area contributed by atoms with Gasteiger partial charge in [-0.25, -0.2) is 9.78 Å². The van der Waals surface area contributed by atoms with Crippen LogP contribution in [0.2, 0.25) is 0 Å². The highest BCUT2D eigenvalue weighted by Crippen LogP contribution is 2.22. The van der Waals surface area contributed by atoms with Gasteiger partial charge in [-0.3, -0.25) is 18.9 Å². The maximum absolute atomic E-state index is 12.4. The minimum atomic E-state index is -0.454. The lowest BCUT2D eigenvalue weighted by Crippen LogP contribution is -2.37. The first-order valence-corrected chi connectivity index (χ1v) is 6.91. The Labute approximate surface area is 131 Å². The molecule has 0 saturated carbocycles. The van der Waals surface area contributed by atoms with Gasteiger partial charge in [0.15, 0.2) is 0 Å². The van der Waals surface area contributed by atoms with E-state index in [1.54, 1.807) is 37.6 Å². The Morgan fingerprint density at radius 2 is 1.87 bits per heavy atom. The third-order valence-corrected chi connectivity index (χ3v) is 3.74. The Hall–Kier alpha value is -3.27. The second kappa shape index (κ2) is 5.50. The fourth-order valence-electron chi connectivity index (χ4n) is 2.52. The van der Waals surface area contributed by atoms with Gasteiger partial charge in [-0.15, -0.1) is 0 Å². The molecule has 0 amide bonds. The molecular weight excluding hydrogens is 294 g/mol. The molecule has 0 bridgehead atoms. The van der Waals surface area contributed by atoms with Gasteiger partial charge in [-0.1, -0.05) is 0 Å². The van der Waals surface area contributed by atoms with E-state index < -0.39 is 11.2 Å². The molecule has 0 N–H and O–H groups in total. The lowest BCUT2D eigenvalue weighted by molar-refractivity contribution is 0.707. The summed E-state index contributed by atoms with van der Waals surface area (Å²) in [7, 11) is 2.97. The lowest BCUT2D eigenvalue weighted by atomic mass is 10.1. The smallest absolute Gasteiger partial charge is 0.280 e. The summed E-state index contributed by atoms with van der Waals surface area (Å²) < 4.78 is 2.35. The summed E-state index contributed by atoms with van der Waals surface area (Å²) in [5.74, 6) is 0. The van der Waals surface area contributed by atoms with Crippen molar-refractivity contribution in [2.24, 2.45) is 14.1 Å². The first-order chi connectivity index (χ1) is 11.0. The monoisotopic (exact) mass is 307 g/mol. The second-order valence-corrected chi connectivity index (χ2v) is 5.14. The van der Waals surface area contributed by atoms with Crippen molar-refractivity contribution in [2.45, 2.75) is 6.42 Å². The zero-order valence-electron chi connectivity index (χ0n) is 12.6. The number of pyridine rings is 2. The minimum Gasteiger partial charge on any atom is -0.280 e. The van der Waals surface area contributed by atoms with Crippen LogP contribution < -0.4 is 11.2 Å². The average molecular weight is 307 g/mol. The van der Waals surface area contributed by atoms with Crippen LogP contribution in [0.1, 0.15) is 5.56 Å². The van der Waals surface area contributed by atoms with Crippen molar-refractivity contribution in [1.82, 2.24) is 19.1 Å². The molecule has 0 aliphatic heterocycles. The number of rotatable bonds is 2. The van der Waals surface area contributed by atoms with Gasteiger partial charge in [0.25, 0.3) is 5.56 Å². The van der Waals surface area contributed by atoms with Crippen LogP contribution in [0, 0.1) is 11.3 Å². The van der Waals surface area contributed by atoms with Crippen molar-refractivity contribution in [1.29, 1.82) is 5.26 Å². The molecule has 0 aromatic carbocycles. The number of hydrogen-bond acceptors (Lipinski definition) is 5. The third-order valence-electron chi connectivity index (χ3n) is 3.74. The van der Waals surface area contributed by atoms with E-state index in [-0.39, 0.29) is 12.1 Å². The average Bonchev–Trinajstić information content (AvgIpc) is 2.58. The van der Waals surface area contributed by atoms with E-state index >= 15 is 0 Å². The molecule has 3 aromatic rings. The van der Waals surface area contributed by atoms with E-state index in [0.717, 1.165) is 10.1 Å². The van der Waals surface area contributed by atoms with Gasteiger partial charge in [0.05, 0.1) is 23.6 Å². The topological polar surface area (TPSA) is 93.6 Å². The van der Waals surface area contributed by atoms with E-state index in [1.165, 1.54) is 11.6 Å². The molecular formula is C16H13N5O2. The zero-order chi connectivity index (χ0) is 16.6. The molecule has 7 heteroatoms. The summed E-state index contributed by atoms with van der Waals surface area (Å²) in [4.78, 5) is 33.0. The largest absolute Gasteiger partial charge is 0.332 e. The van der Waals surface area contributed by atoms with Gasteiger partial charge in [-0.05, 0) is 23.8 Å². The SMILES string of the molecule is Cn1c(=O)c2c(CC#N)cc(-c3ccncc3)nc2n(C)c1=O. The van der Waals surface area contributed by atoms with Crippen molar-refractivity contribution in [3.05, 3.63) is 57.0 Å². The number of aromatic nitrogens is 4. The Balaban J connectivity index is 2.48. The normalized spacial score (nSPS) is 10.7. The van der Waals surface area contributed by atoms with Gasteiger partial charge >= 0.3 is 5.69 Å². The molecule has 0 radical (unpaired) electrons. The summed E-state index contributed by atoms with van der Waals surface area (Å²) in [5.41, 5.74) is 1.33. The molecule has 0 fully saturated rings. The highest BCUT2D eigenvalue weighted by atomic mass is 16.2. The van der Waals surface area contributed by atoms with Crippen LogP contribution in [0.3, 0.4) is 0 Å². The van der Waals surface area contributed by atoms with Crippen molar-refractivity contribution in [2.75, 3.05) is 0 Å². The highest BCUT2D eigenvalue weighted by molar-refractivity contribution is 5.82. The molecule has 0 aliphatic carbocycles. The molecule has 0 spiro atoms. The standard InChI is InChI=1S/C16H13N5O2/c1-20-14-13(15(22)21(2)16(20)23)11(3-6-17)9-12(19-14)10-4-7-18-8-5-10/h4-5,7-9H,3H2,1-2H3. The Kier molecular flexibility index (Phi) is 3.50. The van der Waals surface area contributed by atoms with Crippen LogP contribution in [0.5, 0.6) is 0 Å². The second-order valence-electron chi connectivity index (χ2n) is 5.14. The quantitative estimate of drug-likeness (QED) is 0.696. The first-order valence-electron chi connectivity index (χ1n) is 6.91.